The molecule has 9 rings (SSSR count). The monoisotopic (exact) mass is 630 g/mol. The highest BCUT2D eigenvalue weighted by atomic mass is 32.1. The maximum Gasteiger partial charge on any atom is 0.266 e. The van der Waals surface area contributed by atoms with Crippen molar-refractivity contribution in [3.8, 4) is 0 Å². The molecule has 7 heteroatoms. The molecule has 0 aliphatic carbocycles. The van der Waals surface area contributed by atoms with E-state index in [1.807, 2.05) is 68.4 Å². The molecule has 7 aromatic rings. The van der Waals surface area contributed by atoms with Crippen LogP contribution >= 0.6 is 12.6 Å². The van der Waals surface area contributed by atoms with Crippen LogP contribution in [-0.4, -0.2) is 23.6 Å². The lowest BCUT2D eigenvalue weighted by atomic mass is 9.82. The number of carbonyl (C=O) groups excluding carboxylic acids is 4. The summed E-state index contributed by atoms with van der Waals surface area (Å²) in [6.45, 7) is 4.06. The minimum atomic E-state index is -0.385. The van der Waals surface area contributed by atoms with E-state index in [0.29, 0.717) is 57.2 Å². The van der Waals surface area contributed by atoms with Crippen LogP contribution in [0, 0.1) is 0 Å². The third-order valence-electron chi connectivity index (χ3n) is 9.93. The number of rotatable bonds is 4. The molecule has 6 nitrogen and oxygen atoms in total. The summed E-state index contributed by atoms with van der Waals surface area (Å²) in [5.74, 6) is -1.44. The SMILES string of the molecule is CCc1cccc(CC)c1N1C(=O)c2ccc3c4ccc5c6c(ccc(c7ccc(c2c37)C1=O)c64)C(=O)N(c1ccc(S)cc1)C5=O. The van der Waals surface area contributed by atoms with Crippen LogP contribution in [0.3, 0.4) is 0 Å². The van der Waals surface area contributed by atoms with E-state index in [1.54, 1.807) is 36.4 Å². The van der Waals surface area contributed by atoms with Gasteiger partial charge < -0.3 is 0 Å². The van der Waals surface area contributed by atoms with Crippen LogP contribution < -0.4 is 9.80 Å². The Kier molecular flexibility index (Phi) is 5.75. The first-order chi connectivity index (χ1) is 22.8. The summed E-state index contributed by atoms with van der Waals surface area (Å²) in [5, 5.41) is 6.36. The number of imide groups is 2. The summed E-state index contributed by atoms with van der Waals surface area (Å²) >= 11 is 4.35. The molecule has 226 valence electrons. The second kappa shape index (κ2) is 9.74. The Morgan fingerprint density at radius 2 is 0.851 bits per heavy atom. The Bertz CT molecular complexity index is 2450. The number of hydrogen-bond donors (Lipinski definition) is 1. The molecule has 0 atom stereocenters. The molecule has 0 aromatic heterocycles. The van der Waals surface area contributed by atoms with E-state index in [9.17, 15) is 19.2 Å². The van der Waals surface area contributed by atoms with Crippen molar-refractivity contribution in [1.29, 1.82) is 0 Å². The lowest BCUT2D eigenvalue weighted by Gasteiger charge is -2.31. The fourth-order valence-electron chi connectivity index (χ4n) is 7.81. The molecule has 0 unspecified atom stereocenters. The van der Waals surface area contributed by atoms with E-state index in [4.69, 9.17) is 0 Å². The lowest BCUT2D eigenvalue weighted by molar-refractivity contribution is 0.0877. The summed E-state index contributed by atoms with van der Waals surface area (Å²) in [6, 6.07) is 27.8. The first-order valence-corrected chi connectivity index (χ1v) is 16.2. The van der Waals surface area contributed by atoms with Crippen LogP contribution in [0.1, 0.15) is 66.4 Å². The van der Waals surface area contributed by atoms with E-state index in [0.717, 1.165) is 48.3 Å². The van der Waals surface area contributed by atoms with Gasteiger partial charge in [0.05, 0.1) is 11.4 Å². The fourth-order valence-corrected chi connectivity index (χ4v) is 7.96. The van der Waals surface area contributed by atoms with Gasteiger partial charge in [0.1, 0.15) is 0 Å². The third-order valence-corrected chi connectivity index (χ3v) is 10.2. The highest BCUT2D eigenvalue weighted by Gasteiger charge is 2.38. The molecular formula is C40H26N2O4S. The lowest BCUT2D eigenvalue weighted by Crippen LogP contribution is -2.41. The first kappa shape index (κ1) is 27.8. The van der Waals surface area contributed by atoms with Crippen LogP contribution in [0.25, 0.3) is 43.1 Å². The topological polar surface area (TPSA) is 74.8 Å². The van der Waals surface area contributed by atoms with Gasteiger partial charge in [-0.05, 0) is 105 Å². The van der Waals surface area contributed by atoms with E-state index in [-0.39, 0.29) is 23.6 Å². The van der Waals surface area contributed by atoms with Crippen molar-refractivity contribution in [2.75, 3.05) is 9.80 Å². The smallest absolute Gasteiger partial charge is 0.266 e. The van der Waals surface area contributed by atoms with Crippen molar-refractivity contribution in [2.45, 2.75) is 31.6 Å². The number of para-hydroxylation sites is 1. The number of nitrogens with zero attached hydrogens (tertiary/aromatic N) is 2. The van der Waals surface area contributed by atoms with Crippen LogP contribution in [-0.2, 0) is 12.8 Å². The second-order valence-electron chi connectivity index (χ2n) is 12.2. The Balaban J connectivity index is 1.30. The zero-order valence-corrected chi connectivity index (χ0v) is 26.4. The van der Waals surface area contributed by atoms with Gasteiger partial charge in [0.2, 0.25) is 0 Å². The molecule has 0 radical (unpaired) electrons. The number of carbonyl (C=O) groups is 4. The predicted octanol–water partition coefficient (Wildman–Crippen LogP) is 8.75. The van der Waals surface area contributed by atoms with Gasteiger partial charge in [-0.1, -0.05) is 56.3 Å². The molecule has 0 fully saturated rings. The van der Waals surface area contributed by atoms with Gasteiger partial charge in [-0.3, -0.25) is 19.2 Å². The van der Waals surface area contributed by atoms with Gasteiger partial charge in [0.25, 0.3) is 23.6 Å². The van der Waals surface area contributed by atoms with Crippen molar-refractivity contribution in [3.05, 3.63) is 124 Å². The van der Waals surface area contributed by atoms with Crippen LogP contribution in [0.5, 0.6) is 0 Å². The molecule has 0 saturated carbocycles. The number of amides is 4. The van der Waals surface area contributed by atoms with Crippen molar-refractivity contribution in [1.82, 2.24) is 0 Å². The van der Waals surface area contributed by atoms with Crippen LogP contribution in [0.15, 0.2) is 95.9 Å². The van der Waals surface area contributed by atoms with E-state index in [2.05, 4.69) is 12.6 Å². The average molecular weight is 631 g/mol. The zero-order chi connectivity index (χ0) is 32.3. The number of fused-ring (bicyclic) bond motifs is 2. The van der Waals surface area contributed by atoms with E-state index >= 15 is 0 Å². The first-order valence-electron chi connectivity index (χ1n) is 15.7. The molecule has 2 heterocycles. The molecule has 0 N–H and O–H groups in total. The largest absolute Gasteiger partial charge is 0.268 e. The quantitative estimate of drug-likeness (QED) is 0.0914. The number of thiol groups is 1. The number of anilines is 2. The fraction of sp³-hybridized carbons (Fsp3) is 0.100. The molecule has 47 heavy (non-hydrogen) atoms. The summed E-state index contributed by atoms with van der Waals surface area (Å²) in [6.07, 6.45) is 1.38. The molecule has 4 amide bonds. The molecule has 2 aliphatic rings. The molecular weight excluding hydrogens is 605 g/mol. The van der Waals surface area contributed by atoms with Crippen molar-refractivity contribution in [2.24, 2.45) is 0 Å². The standard InChI is InChI=1S/C40H26N2O4S/c1-3-20-6-5-7-21(4-2)36(20)42-39(45)30-18-14-26-24-12-16-28-34-29(38(44)41(37(28)43)22-8-10-23(47)11-9-22)17-13-25(32(24)34)27-15-19-31(40(42)46)35(30)33(26)27/h5-19,47H,3-4H2,1-2H3. The van der Waals surface area contributed by atoms with Gasteiger partial charge in [-0.25, -0.2) is 9.80 Å². The predicted molar refractivity (Wildman–Crippen MR) is 189 cm³/mol. The number of benzene rings is 7. The van der Waals surface area contributed by atoms with Gasteiger partial charge >= 0.3 is 0 Å². The Morgan fingerprint density at radius 3 is 1.23 bits per heavy atom. The zero-order valence-electron chi connectivity index (χ0n) is 25.5. The number of aryl methyl sites for hydroxylation is 2. The van der Waals surface area contributed by atoms with Gasteiger partial charge in [0, 0.05) is 37.9 Å². The number of hydrogen-bond acceptors (Lipinski definition) is 5. The highest BCUT2D eigenvalue weighted by molar-refractivity contribution is 7.80. The van der Waals surface area contributed by atoms with Gasteiger partial charge in [0.15, 0.2) is 0 Å². The molecule has 2 aliphatic heterocycles. The maximum atomic E-state index is 14.3. The summed E-state index contributed by atoms with van der Waals surface area (Å²) in [4.78, 5) is 59.8. The Hall–Kier alpha value is -5.53. The van der Waals surface area contributed by atoms with Crippen LogP contribution in [0.2, 0.25) is 0 Å². The molecule has 0 bridgehead atoms. The summed E-state index contributed by atoms with van der Waals surface area (Å²) < 4.78 is 0. The summed E-state index contributed by atoms with van der Waals surface area (Å²) in [7, 11) is 0. The van der Waals surface area contributed by atoms with Crippen molar-refractivity contribution in [3.63, 3.8) is 0 Å². The van der Waals surface area contributed by atoms with E-state index < -0.39 is 0 Å². The third kappa shape index (κ3) is 3.52. The van der Waals surface area contributed by atoms with Crippen LogP contribution in [0.4, 0.5) is 11.4 Å². The Morgan fingerprint density at radius 1 is 0.468 bits per heavy atom. The second-order valence-corrected chi connectivity index (χ2v) is 12.7. The van der Waals surface area contributed by atoms with Crippen molar-refractivity contribution >= 4 is 90.7 Å². The normalized spacial score (nSPS) is 14.5. The Labute approximate surface area is 274 Å². The molecule has 7 aromatic carbocycles. The minimum absolute atomic E-state index is 0.333. The van der Waals surface area contributed by atoms with E-state index in [1.165, 1.54) is 9.80 Å². The summed E-state index contributed by atoms with van der Waals surface area (Å²) in [5.41, 5.74) is 4.94. The average Bonchev–Trinajstić information content (AvgIpc) is 3.09. The van der Waals surface area contributed by atoms with Gasteiger partial charge in [-0.2, -0.15) is 0 Å². The maximum absolute atomic E-state index is 14.3. The molecule has 0 spiro atoms. The minimum Gasteiger partial charge on any atom is -0.268 e. The molecule has 0 saturated heterocycles. The van der Waals surface area contributed by atoms with Crippen molar-refractivity contribution < 1.29 is 19.2 Å². The van der Waals surface area contributed by atoms with Gasteiger partial charge in [-0.15, -0.1) is 12.6 Å². The highest BCUT2D eigenvalue weighted by Crippen LogP contribution is 2.47.